The zero-order valence-electron chi connectivity index (χ0n) is 9.69. The predicted molar refractivity (Wildman–Crippen MR) is 64.7 cm³/mol. The summed E-state index contributed by atoms with van der Waals surface area (Å²) in [6, 6.07) is 0.266. The Kier molecular flexibility index (Phi) is 5.02. The summed E-state index contributed by atoms with van der Waals surface area (Å²) in [5.74, 6) is 0.151. The molecule has 1 saturated heterocycles. The van der Waals surface area contributed by atoms with Gasteiger partial charge in [-0.15, -0.1) is 12.4 Å². The van der Waals surface area contributed by atoms with Crippen LogP contribution in [0.5, 0.6) is 0 Å². The van der Waals surface area contributed by atoms with Gasteiger partial charge in [0.15, 0.2) is 0 Å². The molecule has 2 fully saturated rings. The lowest BCUT2D eigenvalue weighted by atomic mass is 10.1. The van der Waals surface area contributed by atoms with Crippen LogP contribution in [-0.2, 0) is 4.79 Å². The number of carbonyl (C=O) groups excluding carboxylic acids is 1. The number of amides is 1. The van der Waals surface area contributed by atoms with Crippen molar-refractivity contribution in [2.45, 2.75) is 50.3 Å². The van der Waals surface area contributed by atoms with Crippen LogP contribution in [0.2, 0.25) is 0 Å². The third kappa shape index (κ3) is 2.87. The van der Waals surface area contributed by atoms with Gasteiger partial charge < -0.3 is 15.3 Å². The van der Waals surface area contributed by atoms with E-state index in [0.717, 1.165) is 12.8 Å². The first-order valence-corrected chi connectivity index (χ1v) is 5.86. The second kappa shape index (κ2) is 5.84. The Balaban J connectivity index is 0.00000128. The third-order valence-electron chi connectivity index (χ3n) is 3.63. The van der Waals surface area contributed by atoms with Crippen molar-refractivity contribution in [3.63, 3.8) is 0 Å². The van der Waals surface area contributed by atoms with Crippen molar-refractivity contribution in [3.8, 4) is 0 Å². The Morgan fingerprint density at radius 1 is 1.38 bits per heavy atom. The minimum atomic E-state index is -0.351. The van der Waals surface area contributed by atoms with Gasteiger partial charge >= 0.3 is 0 Å². The molecule has 1 aliphatic carbocycles. The number of hydrogen-bond acceptors (Lipinski definition) is 3. The predicted octanol–water partition coefficient (Wildman–Crippen LogP) is 0.532. The largest absolute Gasteiger partial charge is 0.392 e. The lowest BCUT2D eigenvalue weighted by Gasteiger charge is -2.27. The van der Waals surface area contributed by atoms with E-state index in [-0.39, 0.29) is 30.5 Å². The van der Waals surface area contributed by atoms with E-state index in [4.69, 9.17) is 0 Å². The van der Waals surface area contributed by atoms with Crippen LogP contribution in [0.15, 0.2) is 0 Å². The van der Waals surface area contributed by atoms with Crippen molar-refractivity contribution in [1.82, 2.24) is 10.2 Å². The Hall–Kier alpha value is -0.320. The van der Waals surface area contributed by atoms with Crippen LogP contribution >= 0.6 is 12.4 Å². The summed E-state index contributed by atoms with van der Waals surface area (Å²) in [4.78, 5) is 13.9. The summed E-state index contributed by atoms with van der Waals surface area (Å²) < 4.78 is 0. The van der Waals surface area contributed by atoms with E-state index in [1.807, 2.05) is 11.9 Å². The first-order valence-electron chi connectivity index (χ1n) is 5.86. The molecule has 1 saturated carbocycles. The van der Waals surface area contributed by atoms with Crippen molar-refractivity contribution in [2.75, 3.05) is 13.6 Å². The molecule has 4 nitrogen and oxygen atoms in total. The molecular weight excluding hydrogens is 228 g/mol. The highest BCUT2D eigenvalue weighted by Crippen LogP contribution is 2.23. The van der Waals surface area contributed by atoms with Crippen LogP contribution in [0, 0.1) is 0 Å². The molecule has 0 radical (unpaired) electrons. The smallest absolute Gasteiger partial charge is 0.239 e. The highest BCUT2D eigenvalue weighted by molar-refractivity contribution is 5.85. The van der Waals surface area contributed by atoms with Gasteiger partial charge in [0.05, 0.1) is 12.1 Å². The SMILES string of the molecule is CN(C(=O)[C@H]1C[C@H](O)CN1)C1CCCC1.Cl. The summed E-state index contributed by atoms with van der Waals surface area (Å²) in [5.41, 5.74) is 0. The average Bonchev–Trinajstić information content (AvgIpc) is 2.85. The number of nitrogens with one attached hydrogen (secondary N) is 1. The maximum absolute atomic E-state index is 12.0. The first kappa shape index (κ1) is 13.7. The lowest BCUT2D eigenvalue weighted by molar-refractivity contribution is -0.133. The summed E-state index contributed by atoms with van der Waals surface area (Å²) in [5, 5.41) is 12.4. The van der Waals surface area contributed by atoms with E-state index in [0.29, 0.717) is 19.0 Å². The molecule has 1 amide bonds. The van der Waals surface area contributed by atoms with Crippen LogP contribution < -0.4 is 5.32 Å². The van der Waals surface area contributed by atoms with Crippen molar-refractivity contribution in [3.05, 3.63) is 0 Å². The number of nitrogens with zero attached hydrogens (tertiary/aromatic N) is 1. The van der Waals surface area contributed by atoms with E-state index in [9.17, 15) is 9.90 Å². The zero-order chi connectivity index (χ0) is 10.8. The molecule has 94 valence electrons. The molecule has 5 heteroatoms. The molecule has 2 atom stereocenters. The van der Waals surface area contributed by atoms with Gasteiger partial charge in [0, 0.05) is 19.6 Å². The Morgan fingerprint density at radius 3 is 2.50 bits per heavy atom. The fraction of sp³-hybridized carbons (Fsp3) is 0.909. The number of β-amino-alcohol motifs (C(OH)–C–C–N with tert-alkyl or cyclic N) is 1. The quantitative estimate of drug-likeness (QED) is 0.750. The number of carbonyl (C=O) groups is 1. The fourth-order valence-corrected chi connectivity index (χ4v) is 2.62. The van der Waals surface area contributed by atoms with Gasteiger partial charge in [0.2, 0.25) is 5.91 Å². The molecule has 0 bridgehead atoms. The number of aliphatic hydroxyl groups excluding tert-OH is 1. The Labute approximate surface area is 103 Å². The molecule has 16 heavy (non-hydrogen) atoms. The zero-order valence-corrected chi connectivity index (χ0v) is 10.5. The maximum Gasteiger partial charge on any atom is 0.239 e. The number of aliphatic hydroxyl groups is 1. The minimum absolute atomic E-state index is 0. The number of likely N-dealkylation sites (N-methyl/N-ethyl adjacent to an activating group) is 1. The first-order chi connectivity index (χ1) is 7.18. The molecule has 0 aromatic rings. The molecule has 0 aromatic heterocycles. The van der Waals surface area contributed by atoms with Gasteiger partial charge in [-0.3, -0.25) is 4.79 Å². The van der Waals surface area contributed by atoms with E-state index >= 15 is 0 Å². The Bertz CT molecular complexity index is 244. The standard InChI is InChI=1S/C11H20N2O2.ClH/c1-13(8-4-2-3-5-8)11(15)10-6-9(14)7-12-10;/h8-10,12,14H,2-7H2,1H3;1H/t9-,10+;/m0./s1. The molecule has 2 rings (SSSR count). The molecule has 1 aliphatic heterocycles. The van der Waals surface area contributed by atoms with Crippen molar-refractivity contribution in [1.29, 1.82) is 0 Å². The van der Waals surface area contributed by atoms with Crippen molar-refractivity contribution in [2.24, 2.45) is 0 Å². The van der Waals surface area contributed by atoms with Crippen LogP contribution in [0.1, 0.15) is 32.1 Å². The molecular formula is C11H21ClN2O2. The number of rotatable bonds is 2. The monoisotopic (exact) mass is 248 g/mol. The van der Waals surface area contributed by atoms with Crippen LogP contribution in [0.3, 0.4) is 0 Å². The molecule has 1 heterocycles. The molecule has 0 spiro atoms. The fourth-order valence-electron chi connectivity index (χ4n) is 2.62. The van der Waals surface area contributed by atoms with Crippen molar-refractivity contribution < 1.29 is 9.90 Å². The second-order valence-electron chi connectivity index (χ2n) is 4.74. The molecule has 0 aromatic carbocycles. The van der Waals surface area contributed by atoms with Gasteiger partial charge in [-0.1, -0.05) is 12.8 Å². The van der Waals surface area contributed by atoms with Gasteiger partial charge in [-0.05, 0) is 19.3 Å². The maximum atomic E-state index is 12.0. The molecule has 2 N–H and O–H groups in total. The van der Waals surface area contributed by atoms with E-state index < -0.39 is 0 Å². The molecule has 0 unspecified atom stereocenters. The van der Waals surface area contributed by atoms with Crippen LogP contribution in [0.25, 0.3) is 0 Å². The number of hydrogen-bond donors (Lipinski definition) is 2. The Morgan fingerprint density at radius 2 is 2.00 bits per heavy atom. The van der Waals surface area contributed by atoms with E-state index in [1.165, 1.54) is 12.8 Å². The van der Waals surface area contributed by atoms with Gasteiger partial charge in [-0.2, -0.15) is 0 Å². The minimum Gasteiger partial charge on any atom is -0.392 e. The lowest BCUT2D eigenvalue weighted by Crippen LogP contribution is -2.45. The van der Waals surface area contributed by atoms with Crippen LogP contribution in [-0.4, -0.2) is 47.7 Å². The van der Waals surface area contributed by atoms with Crippen LogP contribution in [0.4, 0.5) is 0 Å². The third-order valence-corrected chi connectivity index (χ3v) is 3.63. The topological polar surface area (TPSA) is 52.6 Å². The summed E-state index contributed by atoms with van der Waals surface area (Å²) in [6.07, 6.45) is 4.97. The van der Waals surface area contributed by atoms with Gasteiger partial charge in [0.1, 0.15) is 0 Å². The summed E-state index contributed by atoms with van der Waals surface area (Å²) >= 11 is 0. The average molecular weight is 249 g/mol. The summed E-state index contributed by atoms with van der Waals surface area (Å²) in [6.45, 7) is 0.551. The van der Waals surface area contributed by atoms with Gasteiger partial charge in [-0.25, -0.2) is 0 Å². The van der Waals surface area contributed by atoms with E-state index in [2.05, 4.69) is 5.32 Å². The molecule has 2 aliphatic rings. The second-order valence-corrected chi connectivity index (χ2v) is 4.74. The highest BCUT2D eigenvalue weighted by atomic mass is 35.5. The normalized spacial score (nSPS) is 30.1. The highest BCUT2D eigenvalue weighted by Gasteiger charge is 2.33. The van der Waals surface area contributed by atoms with E-state index in [1.54, 1.807) is 0 Å². The number of halogens is 1. The summed E-state index contributed by atoms with van der Waals surface area (Å²) in [7, 11) is 1.89. The van der Waals surface area contributed by atoms with Gasteiger partial charge in [0.25, 0.3) is 0 Å². The van der Waals surface area contributed by atoms with Crippen molar-refractivity contribution >= 4 is 18.3 Å².